The van der Waals surface area contributed by atoms with E-state index in [0.717, 1.165) is 12.1 Å². The third kappa shape index (κ3) is 3.22. The lowest BCUT2D eigenvalue weighted by Crippen LogP contribution is -2.29. The SMILES string of the molecule is NNC(c1cc(Cl)cc(Cl)c1)c1ccc(F)c(F)c1. The second kappa shape index (κ2) is 5.84. The molecule has 0 saturated heterocycles. The smallest absolute Gasteiger partial charge is 0.159 e. The van der Waals surface area contributed by atoms with E-state index in [4.69, 9.17) is 29.0 Å². The van der Waals surface area contributed by atoms with Gasteiger partial charge in [-0.1, -0.05) is 29.3 Å². The molecule has 6 heteroatoms. The summed E-state index contributed by atoms with van der Waals surface area (Å²) in [6, 6.07) is 7.91. The monoisotopic (exact) mass is 302 g/mol. The first-order chi connectivity index (χ1) is 9.01. The van der Waals surface area contributed by atoms with Crippen LogP contribution in [0.15, 0.2) is 36.4 Å². The molecule has 19 heavy (non-hydrogen) atoms. The highest BCUT2D eigenvalue weighted by Crippen LogP contribution is 2.28. The summed E-state index contributed by atoms with van der Waals surface area (Å²) in [7, 11) is 0. The molecular weight excluding hydrogens is 293 g/mol. The number of halogens is 4. The highest BCUT2D eigenvalue weighted by atomic mass is 35.5. The predicted molar refractivity (Wildman–Crippen MR) is 72.0 cm³/mol. The molecule has 0 aliphatic carbocycles. The van der Waals surface area contributed by atoms with Gasteiger partial charge >= 0.3 is 0 Å². The third-order valence-electron chi connectivity index (χ3n) is 2.66. The standard InChI is InChI=1S/C13H10Cl2F2N2/c14-9-3-8(4-10(15)6-9)13(19-18)7-1-2-11(16)12(17)5-7/h1-6,13,19H,18H2. The molecule has 0 radical (unpaired) electrons. The Hall–Kier alpha value is -1.20. The summed E-state index contributed by atoms with van der Waals surface area (Å²) < 4.78 is 26.2. The maximum atomic E-state index is 13.3. The molecule has 0 saturated carbocycles. The van der Waals surface area contributed by atoms with Gasteiger partial charge in [0.1, 0.15) is 0 Å². The molecule has 0 aliphatic heterocycles. The molecule has 0 amide bonds. The zero-order valence-corrected chi connectivity index (χ0v) is 11.1. The number of hydrogen-bond donors (Lipinski definition) is 2. The van der Waals surface area contributed by atoms with E-state index in [1.165, 1.54) is 6.07 Å². The van der Waals surface area contributed by atoms with Crippen LogP contribution in [0, 0.1) is 11.6 Å². The fourth-order valence-corrected chi connectivity index (χ4v) is 2.36. The Labute approximate surface area is 119 Å². The van der Waals surface area contributed by atoms with Gasteiger partial charge < -0.3 is 0 Å². The maximum Gasteiger partial charge on any atom is 0.159 e. The van der Waals surface area contributed by atoms with Crippen molar-refractivity contribution < 1.29 is 8.78 Å². The lowest BCUT2D eigenvalue weighted by atomic mass is 9.99. The summed E-state index contributed by atoms with van der Waals surface area (Å²) >= 11 is 11.8. The molecule has 0 fully saturated rings. The summed E-state index contributed by atoms with van der Waals surface area (Å²) in [5, 5.41) is 0.871. The third-order valence-corrected chi connectivity index (χ3v) is 3.10. The minimum Gasteiger partial charge on any atom is -0.271 e. The van der Waals surface area contributed by atoms with Crippen LogP contribution in [0.3, 0.4) is 0 Å². The lowest BCUT2D eigenvalue weighted by Gasteiger charge is -2.17. The highest BCUT2D eigenvalue weighted by Gasteiger charge is 2.15. The van der Waals surface area contributed by atoms with Crippen LogP contribution in [-0.4, -0.2) is 0 Å². The van der Waals surface area contributed by atoms with Gasteiger partial charge in [0, 0.05) is 10.0 Å². The zero-order valence-electron chi connectivity index (χ0n) is 9.63. The molecule has 2 aromatic rings. The molecule has 2 rings (SSSR count). The Balaban J connectivity index is 2.46. The van der Waals surface area contributed by atoms with Crippen LogP contribution in [0.1, 0.15) is 17.2 Å². The number of hydrogen-bond acceptors (Lipinski definition) is 2. The van der Waals surface area contributed by atoms with Crippen LogP contribution >= 0.6 is 23.2 Å². The quantitative estimate of drug-likeness (QED) is 0.668. The van der Waals surface area contributed by atoms with Gasteiger partial charge in [-0.2, -0.15) is 0 Å². The van der Waals surface area contributed by atoms with Gasteiger partial charge in [-0.15, -0.1) is 0 Å². The Morgan fingerprint density at radius 1 is 0.895 bits per heavy atom. The van der Waals surface area contributed by atoms with Crippen molar-refractivity contribution in [1.29, 1.82) is 0 Å². The predicted octanol–water partition coefficient (Wildman–Crippen LogP) is 3.82. The number of nitrogens with two attached hydrogens (primary N) is 1. The van der Waals surface area contributed by atoms with Crippen molar-refractivity contribution in [1.82, 2.24) is 5.43 Å². The Bertz CT molecular complexity index is 585. The van der Waals surface area contributed by atoms with E-state index in [2.05, 4.69) is 5.43 Å². The van der Waals surface area contributed by atoms with Crippen molar-refractivity contribution >= 4 is 23.2 Å². The van der Waals surface area contributed by atoms with E-state index in [-0.39, 0.29) is 0 Å². The first-order valence-electron chi connectivity index (χ1n) is 5.38. The van der Waals surface area contributed by atoms with Gasteiger partial charge in [-0.25, -0.2) is 14.2 Å². The van der Waals surface area contributed by atoms with Gasteiger partial charge in [0.25, 0.3) is 0 Å². The van der Waals surface area contributed by atoms with E-state index in [1.807, 2.05) is 0 Å². The molecule has 100 valence electrons. The largest absolute Gasteiger partial charge is 0.271 e. The second-order valence-corrected chi connectivity index (χ2v) is 4.85. The van der Waals surface area contributed by atoms with Gasteiger partial charge in [-0.05, 0) is 41.5 Å². The van der Waals surface area contributed by atoms with Crippen LogP contribution in [0.4, 0.5) is 8.78 Å². The average molecular weight is 303 g/mol. The Morgan fingerprint density at radius 2 is 1.53 bits per heavy atom. The Kier molecular flexibility index (Phi) is 4.37. The van der Waals surface area contributed by atoms with Crippen LogP contribution in [0.5, 0.6) is 0 Å². The van der Waals surface area contributed by atoms with E-state index < -0.39 is 17.7 Å². The van der Waals surface area contributed by atoms with Crippen LogP contribution in [0.2, 0.25) is 10.0 Å². The van der Waals surface area contributed by atoms with E-state index >= 15 is 0 Å². The summed E-state index contributed by atoms with van der Waals surface area (Å²) in [6.45, 7) is 0. The first kappa shape index (κ1) is 14.2. The van der Waals surface area contributed by atoms with Gasteiger partial charge in [0.15, 0.2) is 11.6 Å². The highest BCUT2D eigenvalue weighted by molar-refractivity contribution is 6.34. The van der Waals surface area contributed by atoms with Crippen LogP contribution in [-0.2, 0) is 0 Å². The lowest BCUT2D eigenvalue weighted by molar-refractivity contribution is 0.504. The summed E-state index contributed by atoms with van der Waals surface area (Å²) in [5.41, 5.74) is 3.66. The van der Waals surface area contributed by atoms with Crippen molar-refractivity contribution in [3.05, 3.63) is 69.2 Å². The normalized spacial score (nSPS) is 12.5. The summed E-state index contributed by atoms with van der Waals surface area (Å²) in [5.74, 6) is 3.62. The van der Waals surface area contributed by atoms with Crippen molar-refractivity contribution in [2.45, 2.75) is 6.04 Å². The van der Waals surface area contributed by atoms with E-state index in [9.17, 15) is 8.78 Å². The number of rotatable bonds is 3. The number of nitrogens with one attached hydrogen (secondary N) is 1. The fourth-order valence-electron chi connectivity index (χ4n) is 1.82. The van der Waals surface area contributed by atoms with Crippen molar-refractivity contribution in [2.24, 2.45) is 5.84 Å². The molecular formula is C13H10Cl2F2N2. The number of benzene rings is 2. The van der Waals surface area contributed by atoms with Crippen molar-refractivity contribution in [2.75, 3.05) is 0 Å². The fraction of sp³-hybridized carbons (Fsp3) is 0.0769. The van der Waals surface area contributed by atoms with Crippen molar-refractivity contribution in [3.8, 4) is 0 Å². The van der Waals surface area contributed by atoms with Crippen LogP contribution in [0.25, 0.3) is 0 Å². The van der Waals surface area contributed by atoms with Gasteiger partial charge in [-0.3, -0.25) is 5.84 Å². The molecule has 2 aromatic carbocycles. The van der Waals surface area contributed by atoms with Gasteiger partial charge in [0.05, 0.1) is 6.04 Å². The molecule has 2 nitrogen and oxygen atoms in total. The summed E-state index contributed by atoms with van der Waals surface area (Å²) in [6.07, 6.45) is 0. The molecule has 0 aromatic heterocycles. The first-order valence-corrected chi connectivity index (χ1v) is 6.14. The number of hydrazine groups is 1. The van der Waals surface area contributed by atoms with Gasteiger partial charge in [0.2, 0.25) is 0 Å². The molecule has 1 unspecified atom stereocenters. The minimum atomic E-state index is -0.939. The van der Waals surface area contributed by atoms with E-state index in [0.29, 0.717) is 21.2 Å². The second-order valence-electron chi connectivity index (χ2n) is 3.98. The zero-order chi connectivity index (χ0) is 14.0. The van der Waals surface area contributed by atoms with Crippen LogP contribution < -0.4 is 11.3 Å². The molecule has 0 bridgehead atoms. The Morgan fingerprint density at radius 3 is 2.05 bits per heavy atom. The summed E-state index contributed by atoms with van der Waals surface area (Å²) in [4.78, 5) is 0. The molecule has 0 heterocycles. The topological polar surface area (TPSA) is 38.0 Å². The minimum absolute atomic E-state index is 0.435. The van der Waals surface area contributed by atoms with Crippen molar-refractivity contribution in [3.63, 3.8) is 0 Å². The maximum absolute atomic E-state index is 13.3. The molecule has 3 N–H and O–H groups in total. The average Bonchev–Trinajstić information content (AvgIpc) is 2.33. The molecule has 1 atom stereocenters. The molecule has 0 spiro atoms. The van der Waals surface area contributed by atoms with E-state index in [1.54, 1.807) is 18.2 Å². The molecule has 0 aliphatic rings.